The average Bonchev–Trinajstić information content (AvgIpc) is 2.15. The van der Waals surface area contributed by atoms with Crippen LogP contribution in [0.3, 0.4) is 0 Å². The Morgan fingerprint density at radius 2 is 2.14 bits per heavy atom. The maximum absolute atomic E-state index is 8.91. The van der Waals surface area contributed by atoms with Crippen LogP contribution < -0.4 is 5.32 Å². The van der Waals surface area contributed by atoms with E-state index >= 15 is 0 Å². The zero-order valence-electron chi connectivity index (χ0n) is 8.33. The van der Waals surface area contributed by atoms with Crippen LogP contribution in [0.2, 0.25) is 0 Å². The number of nitrogens with one attached hydrogen (secondary N) is 1. The lowest BCUT2D eigenvalue weighted by Gasteiger charge is -2.29. The molecule has 1 heterocycles. The second-order valence-electron chi connectivity index (χ2n) is 4.06. The molecule has 0 unspecified atom stereocenters. The molecule has 1 aliphatic rings. The third-order valence-electron chi connectivity index (χ3n) is 2.35. The van der Waals surface area contributed by atoms with Gasteiger partial charge in [-0.2, -0.15) is 5.26 Å². The third kappa shape index (κ3) is 1.38. The van der Waals surface area contributed by atoms with Crippen molar-refractivity contribution < 1.29 is 0 Å². The predicted octanol–water partition coefficient (Wildman–Crippen LogP) is 2.78. The molecule has 1 aromatic rings. The first kappa shape index (κ1) is 8.83. The van der Waals surface area contributed by atoms with Crippen LogP contribution in [-0.2, 0) is 0 Å². The van der Waals surface area contributed by atoms with E-state index in [-0.39, 0.29) is 5.54 Å². The van der Waals surface area contributed by atoms with Crippen LogP contribution in [-0.4, -0.2) is 5.54 Å². The molecule has 0 bridgehead atoms. The molecule has 0 amide bonds. The molecule has 0 fully saturated rings. The molecule has 0 aliphatic carbocycles. The van der Waals surface area contributed by atoms with Gasteiger partial charge in [0.2, 0.25) is 0 Å². The lowest BCUT2D eigenvalue weighted by molar-refractivity contribution is 0.711. The molecule has 70 valence electrons. The molecule has 1 N–H and O–H groups in total. The van der Waals surface area contributed by atoms with Gasteiger partial charge in [0.25, 0.3) is 0 Å². The highest BCUT2D eigenvalue weighted by Gasteiger charge is 2.20. The van der Waals surface area contributed by atoms with Crippen molar-refractivity contribution in [3.05, 3.63) is 35.4 Å². The summed E-state index contributed by atoms with van der Waals surface area (Å²) in [6.45, 7) is 4.21. The van der Waals surface area contributed by atoms with Gasteiger partial charge in [-0.25, -0.2) is 0 Å². The summed E-state index contributed by atoms with van der Waals surface area (Å²) in [4.78, 5) is 0. The number of nitrogens with zero attached hydrogens (tertiary/aromatic N) is 1. The first-order valence-electron chi connectivity index (χ1n) is 4.63. The normalized spacial score (nSPS) is 16.6. The molecule has 0 radical (unpaired) electrons. The molecule has 1 aromatic carbocycles. The summed E-state index contributed by atoms with van der Waals surface area (Å²) in [6, 6.07) is 7.93. The van der Waals surface area contributed by atoms with Crippen LogP contribution in [0.4, 0.5) is 5.69 Å². The van der Waals surface area contributed by atoms with Crippen molar-refractivity contribution in [1.82, 2.24) is 0 Å². The fourth-order valence-electron chi connectivity index (χ4n) is 1.63. The highest BCUT2D eigenvalue weighted by molar-refractivity contribution is 5.76. The molecule has 0 atom stereocenters. The zero-order valence-corrected chi connectivity index (χ0v) is 8.33. The van der Waals surface area contributed by atoms with Crippen LogP contribution >= 0.6 is 0 Å². The average molecular weight is 184 g/mol. The Hall–Kier alpha value is -1.75. The monoisotopic (exact) mass is 184 g/mol. The molecule has 0 spiro atoms. The minimum Gasteiger partial charge on any atom is -0.376 e. The number of anilines is 1. The minimum absolute atomic E-state index is 0.0267. The van der Waals surface area contributed by atoms with Crippen molar-refractivity contribution in [2.45, 2.75) is 19.4 Å². The number of benzene rings is 1. The number of hydrogen-bond donors (Lipinski definition) is 1. The summed E-state index contributed by atoms with van der Waals surface area (Å²) >= 11 is 0. The standard InChI is InChI=1S/C12H12N2/c1-12(2)7-6-10-9(8-13)4-3-5-11(10)14-12/h3-7,14H,1-2H3. The summed E-state index contributed by atoms with van der Waals surface area (Å²) in [5.41, 5.74) is 2.73. The van der Waals surface area contributed by atoms with Crippen LogP contribution in [0.15, 0.2) is 24.3 Å². The van der Waals surface area contributed by atoms with E-state index in [4.69, 9.17) is 5.26 Å². The van der Waals surface area contributed by atoms with Gasteiger partial charge in [0, 0.05) is 11.3 Å². The van der Waals surface area contributed by atoms with Gasteiger partial charge in [-0.15, -0.1) is 0 Å². The molecule has 2 nitrogen and oxygen atoms in total. The van der Waals surface area contributed by atoms with Crippen molar-refractivity contribution in [3.8, 4) is 6.07 Å². The first-order valence-corrected chi connectivity index (χ1v) is 4.63. The molecule has 0 aromatic heterocycles. The van der Waals surface area contributed by atoms with E-state index < -0.39 is 0 Å². The molecule has 2 rings (SSSR count). The molecule has 14 heavy (non-hydrogen) atoms. The topological polar surface area (TPSA) is 35.8 Å². The highest BCUT2D eigenvalue weighted by Crippen LogP contribution is 2.29. The summed E-state index contributed by atoms with van der Waals surface area (Å²) in [5, 5.41) is 12.3. The van der Waals surface area contributed by atoms with Crippen molar-refractivity contribution in [3.63, 3.8) is 0 Å². The smallest absolute Gasteiger partial charge is 0.0998 e. The fourth-order valence-corrected chi connectivity index (χ4v) is 1.63. The van der Waals surface area contributed by atoms with E-state index in [2.05, 4.69) is 31.3 Å². The van der Waals surface area contributed by atoms with Gasteiger partial charge in [0.1, 0.15) is 0 Å². The lowest BCUT2D eigenvalue weighted by Crippen LogP contribution is -2.30. The van der Waals surface area contributed by atoms with Crippen molar-refractivity contribution in [1.29, 1.82) is 5.26 Å². The SMILES string of the molecule is CC1(C)C=Cc2c(C#N)cccc2N1. The van der Waals surface area contributed by atoms with Gasteiger partial charge in [0.15, 0.2) is 0 Å². The highest BCUT2D eigenvalue weighted by atomic mass is 15.0. The maximum Gasteiger partial charge on any atom is 0.0998 e. The van der Waals surface area contributed by atoms with Crippen LogP contribution in [0.25, 0.3) is 6.08 Å². The number of rotatable bonds is 0. The quantitative estimate of drug-likeness (QED) is 0.673. The second kappa shape index (κ2) is 2.88. The van der Waals surface area contributed by atoms with Crippen molar-refractivity contribution >= 4 is 11.8 Å². The third-order valence-corrected chi connectivity index (χ3v) is 2.35. The van der Waals surface area contributed by atoms with E-state index in [1.807, 2.05) is 24.3 Å². The largest absolute Gasteiger partial charge is 0.376 e. The predicted molar refractivity (Wildman–Crippen MR) is 57.9 cm³/mol. The molecule has 0 saturated carbocycles. The second-order valence-corrected chi connectivity index (χ2v) is 4.06. The maximum atomic E-state index is 8.91. The number of hydrogen-bond acceptors (Lipinski definition) is 2. The van der Waals surface area contributed by atoms with E-state index in [9.17, 15) is 0 Å². The summed E-state index contributed by atoms with van der Waals surface area (Å²) in [6.07, 6.45) is 4.10. The van der Waals surface area contributed by atoms with Crippen LogP contribution in [0.5, 0.6) is 0 Å². The van der Waals surface area contributed by atoms with Gasteiger partial charge in [-0.1, -0.05) is 18.2 Å². The Morgan fingerprint density at radius 1 is 1.36 bits per heavy atom. The molecular weight excluding hydrogens is 172 g/mol. The van der Waals surface area contributed by atoms with E-state index in [0.717, 1.165) is 16.8 Å². The molecular formula is C12H12N2. The van der Waals surface area contributed by atoms with Gasteiger partial charge in [0.05, 0.1) is 17.2 Å². The van der Waals surface area contributed by atoms with E-state index in [1.165, 1.54) is 0 Å². The Balaban J connectivity index is 2.57. The van der Waals surface area contributed by atoms with Gasteiger partial charge in [-0.3, -0.25) is 0 Å². The first-order chi connectivity index (χ1) is 6.62. The zero-order chi connectivity index (χ0) is 10.2. The summed E-state index contributed by atoms with van der Waals surface area (Å²) in [5.74, 6) is 0. The number of nitriles is 1. The Bertz CT molecular complexity index is 436. The van der Waals surface area contributed by atoms with Crippen molar-refractivity contribution in [2.24, 2.45) is 0 Å². The van der Waals surface area contributed by atoms with Crippen LogP contribution in [0.1, 0.15) is 25.0 Å². The summed E-state index contributed by atoms with van der Waals surface area (Å²) < 4.78 is 0. The minimum atomic E-state index is -0.0267. The summed E-state index contributed by atoms with van der Waals surface area (Å²) in [7, 11) is 0. The molecule has 1 aliphatic heterocycles. The van der Waals surface area contributed by atoms with Gasteiger partial charge in [-0.05, 0) is 26.0 Å². The van der Waals surface area contributed by atoms with Crippen molar-refractivity contribution in [2.75, 3.05) is 5.32 Å². The van der Waals surface area contributed by atoms with E-state index in [0.29, 0.717) is 0 Å². The van der Waals surface area contributed by atoms with Crippen LogP contribution in [0, 0.1) is 11.3 Å². The Kier molecular flexibility index (Phi) is 1.82. The number of fused-ring (bicyclic) bond motifs is 1. The Morgan fingerprint density at radius 3 is 2.86 bits per heavy atom. The molecule has 0 saturated heterocycles. The van der Waals surface area contributed by atoms with E-state index in [1.54, 1.807) is 0 Å². The fraction of sp³-hybridized carbons (Fsp3) is 0.250. The van der Waals surface area contributed by atoms with Gasteiger partial charge >= 0.3 is 0 Å². The Labute approximate surface area is 83.9 Å². The van der Waals surface area contributed by atoms with Gasteiger partial charge < -0.3 is 5.32 Å². The molecule has 2 heteroatoms. The lowest BCUT2D eigenvalue weighted by atomic mass is 9.94.